The Morgan fingerprint density at radius 3 is 2.89 bits per heavy atom. The van der Waals surface area contributed by atoms with Crippen molar-refractivity contribution in [1.29, 1.82) is 0 Å². The fourth-order valence-corrected chi connectivity index (χ4v) is 4.36. The van der Waals surface area contributed by atoms with Crippen molar-refractivity contribution < 1.29 is 9.18 Å². The van der Waals surface area contributed by atoms with E-state index in [1.807, 2.05) is 11.5 Å². The number of carbonyl (C=O) groups is 1. The minimum Gasteiger partial charge on any atom is -0.404 e. The van der Waals surface area contributed by atoms with E-state index in [2.05, 4.69) is 15.3 Å². The quantitative estimate of drug-likeness (QED) is 0.798. The highest BCUT2D eigenvalue weighted by molar-refractivity contribution is 7.11. The van der Waals surface area contributed by atoms with Crippen molar-refractivity contribution in [1.82, 2.24) is 10.3 Å². The molecule has 2 heterocycles. The van der Waals surface area contributed by atoms with E-state index < -0.39 is 5.41 Å². The molecular weight excluding hydrogens is 363 g/mol. The third-order valence-corrected chi connectivity index (χ3v) is 5.86. The lowest BCUT2D eigenvalue weighted by molar-refractivity contribution is 0.0818. The molecule has 0 amide bonds. The Morgan fingerprint density at radius 1 is 1.37 bits per heavy atom. The zero-order valence-electron chi connectivity index (χ0n) is 14.6. The van der Waals surface area contributed by atoms with Crippen LogP contribution in [0.4, 0.5) is 10.1 Å². The van der Waals surface area contributed by atoms with Crippen molar-refractivity contribution in [2.45, 2.75) is 12.8 Å². The van der Waals surface area contributed by atoms with Crippen LogP contribution in [-0.4, -0.2) is 29.6 Å². The average molecular weight is 382 g/mol. The highest BCUT2D eigenvalue weighted by Gasteiger charge is 2.47. The van der Waals surface area contributed by atoms with Gasteiger partial charge in [0.05, 0.1) is 16.8 Å². The molecule has 1 aromatic heterocycles. The van der Waals surface area contributed by atoms with Crippen LogP contribution in [0.2, 0.25) is 0 Å². The first kappa shape index (κ1) is 17.8. The number of nitrogens with one attached hydrogen (secondary N) is 1. The summed E-state index contributed by atoms with van der Waals surface area (Å²) < 4.78 is 13.2. The molecule has 1 atom stereocenters. The number of hydrogen-bond donors (Lipinski definition) is 2. The number of benzene rings is 1. The number of thiazole rings is 1. The Kier molecular flexibility index (Phi) is 4.72. The summed E-state index contributed by atoms with van der Waals surface area (Å²) in [5.41, 5.74) is 8.44. The third kappa shape index (κ3) is 3.24. The monoisotopic (exact) mass is 382 g/mol. The molecule has 1 fully saturated rings. The van der Waals surface area contributed by atoms with Gasteiger partial charge in [-0.1, -0.05) is 5.57 Å². The average Bonchev–Trinajstić information content (AvgIpc) is 3.23. The van der Waals surface area contributed by atoms with Crippen LogP contribution in [0.5, 0.6) is 0 Å². The molecule has 1 aliphatic carbocycles. The van der Waals surface area contributed by atoms with Crippen molar-refractivity contribution >= 4 is 28.5 Å². The van der Waals surface area contributed by atoms with Crippen molar-refractivity contribution in [2.75, 3.05) is 13.1 Å². The molecule has 0 spiro atoms. The molecule has 2 aromatic rings. The van der Waals surface area contributed by atoms with Gasteiger partial charge in [0, 0.05) is 18.1 Å². The molecule has 138 valence electrons. The van der Waals surface area contributed by atoms with Gasteiger partial charge in [0.1, 0.15) is 5.82 Å². The Hall–Kier alpha value is -2.64. The molecule has 1 unspecified atom stereocenters. The number of halogens is 1. The summed E-state index contributed by atoms with van der Waals surface area (Å²) in [6, 6.07) is 6.00. The fraction of sp³-hybridized carbons (Fsp3) is 0.250. The Balaban J connectivity index is 1.79. The molecular formula is C20H19FN4OS. The summed E-state index contributed by atoms with van der Waals surface area (Å²) in [4.78, 5) is 22.2. The van der Waals surface area contributed by atoms with E-state index in [0.29, 0.717) is 23.7 Å². The van der Waals surface area contributed by atoms with Crippen molar-refractivity contribution in [3.8, 4) is 0 Å². The SMILES string of the molecule is NC=C1CC2(C(=O)c3nccs3)CNCCC2=CC1=Nc1ccc(F)cc1. The summed E-state index contributed by atoms with van der Waals surface area (Å²) in [5, 5.41) is 5.68. The largest absolute Gasteiger partial charge is 0.404 e. The van der Waals surface area contributed by atoms with Gasteiger partial charge in [-0.3, -0.25) is 4.79 Å². The number of nitrogens with zero attached hydrogens (tertiary/aromatic N) is 2. The maximum absolute atomic E-state index is 13.3. The first-order valence-corrected chi connectivity index (χ1v) is 9.62. The minimum absolute atomic E-state index is 0.0242. The predicted molar refractivity (Wildman–Crippen MR) is 105 cm³/mol. The van der Waals surface area contributed by atoms with Crippen LogP contribution < -0.4 is 11.1 Å². The molecule has 0 saturated carbocycles. The van der Waals surface area contributed by atoms with Crippen LogP contribution in [0.25, 0.3) is 0 Å². The summed E-state index contributed by atoms with van der Waals surface area (Å²) >= 11 is 1.36. The maximum Gasteiger partial charge on any atom is 0.203 e. The van der Waals surface area contributed by atoms with Crippen molar-refractivity contribution in [3.63, 3.8) is 0 Å². The number of rotatable bonds is 3. The number of carbonyl (C=O) groups excluding carboxylic acids is 1. The number of aromatic nitrogens is 1. The second-order valence-corrected chi connectivity index (χ2v) is 7.58. The highest BCUT2D eigenvalue weighted by atomic mass is 32.1. The summed E-state index contributed by atoms with van der Waals surface area (Å²) in [5.74, 6) is -0.280. The number of Topliss-reactive ketones (excluding diaryl/α,β-unsaturated/α-hetero) is 1. The van der Waals surface area contributed by atoms with Gasteiger partial charge in [-0.25, -0.2) is 14.4 Å². The first-order chi connectivity index (χ1) is 13.1. The van der Waals surface area contributed by atoms with Crippen LogP contribution in [0.15, 0.2) is 64.3 Å². The van der Waals surface area contributed by atoms with Crippen LogP contribution in [0, 0.1) is 11.2 Å². The van der Waals surface area contributed by atoms with Crippen molar-refractivity contribution in [3.05, 3.63) is 70.1 Å². The fourth-order valence-electron chi connectivity index (χ4n) is 3.69. The molecule has 0 radical (unpaired) electrons. The van der Waals surface area contributed by atoms with Gasteiger partial charge in [0.25, 0.3) is 0 Å². The molecule has 0 bridgehead atoms. The van der Waals surface area contributed by atoms with Gasteiger partial charge >= 0.3 is 0 Å². The second kappa shape index (κ2) is 7.17. The van der Waals surface area contributed by atoms with Gasteiger partial charge < -0.3 is 11.1 Å². The lowest BCUT2D eigenvalue weighted by Gasteiger charge is -2.41. The van der Waals surface area contributed by atoms with Gasteiger partial charge in [-0.2, -0.15) is 0 Å². The molecule has 4 rings (SSSR count). The molecule has 1 saturated heterocycles. The smallest absolute Gasteiger partial charge is 0.203 e. The van der Waals surface area contributed by atoms with E-state index in [-0.39, 0.29) is 11.6 Å². The van der Waals surface area contributed by atoms with E-state index >= 15 is 0 Å². The van der Waals surface area contributed by atoms with E-state index in [4.69, 9.17) is 5.73 Å². The van der Waals surface area contributed by atoms with E-state index in [9.17, 15) is 9.18 Å². The zero-order valence-corrected chi connectivity index (χ0v) is 15.4. The number of nitrogens with two attached hydrogens (primary N) is 1. The predicted octanol–water partition coefficient (Wildman–Crippen LogP) is 3.39. The molecule has 27 heavy (non-hydrogen) atoms. The number of allylic oxidation sites excluding steroid dienone is 2. The van der Waals surface area contributed by atoms with Gasteiger partial charge in [0.15, 0.2) is 5.01 Å². The summed E-state index contributed by atoms with van der Waals surface area (Å²) in [7, 11) is 0. The molecule has 3 N–H and O–H groups in total. The number of ketones is 1. The van der Waals surface area contributed by atoms with E-state index in [0.717, 1.165) is 29.8 Å². The minimum atomic E-state index is -0.677. The molecule has 7 heteroatoms. The number of aliphatic imine (C=N–C) groups is 1. The van der Waals surface area contributed by atoms with E-state index in [1.54, 1.807) is 18.3 Å². The number of fused-ring (bicyclic) bond motifs is 1. The first-order valence-electron chi connectivity index (χ1n) is 8.74. The van der Waals surface area contributed by atoms with Crippen LogP contribution in [-0.2, 0) is 0 Å². The van der Waals surface area contributed by atoms with Gasteiger partial charge in [0.2, 0.25) is 5.78 Å². The maximum atomic E-state index is 13.3. The zero-order chi connectivity index (χ0) is 18.9. The normalized spacial score (nSPS) is 25.3. The van der Waals surface area contributed by atoms with Gasteiger partial charge in [-0.05, 0) is 61.5 Å². The Bertz CT molecular complexity index is 947. The second-order valence-electron chi connectivity index (χ2n) is 6.69. The highest BCUT2D eigenvalue weighted by Crippen LogP contribution is 2.45. The molecule has 1 aromatic carbocycles. The van der Waals surface area contributed by atoms with Crippen LogP contribution >= 0.6 is 11.3 Å². The van der Waals surface area contributed by atoms with Crippen LogP contribution in [0.3, 0.4) is 0 Å². The lowest BCUT2D eigenvalue weighted by Crippen LogP contribution is -2.49. The Labute approximate surface area is 160 Å². The number of piperidine rings is 1. The standard InChI is InChI=1S/C20H19FN4OS/c21-15-1-3-16(4-2-15)25-17-9-14-5-6-23-12-20(14,10-13(17)11-22)18(26)19-24-7-8-27-19/h1-4,7-9,11,23H,5-6,10,12,22H2. The summed E-state index contributed by atoms with van der Waals surface area (Å²) in [6.07, 6.45) is 6.37. The van der Waals surface area contributed by atoms with E-state index in [1.165, 1.54) is 29.7 Å². The van der Waals surface area contributed by atoms with Gasteiger partial charge in [-0.15, -0.1) is 11.3 Å². The third-order valence-electron chi connectivity index (χ3n) is 5.08. The van der Waals surface area contributed by atoms with Crippen molar-refractivity contribution in [2.24, 2.45) is 16.1 Å². The van der Waals surface area contributed by atoms with Crippen LogP contribution in [0.1, 0.15) is 22.6 Å². The Morgan fingerprint density at radius 2 is 2.19 bits per heavy atom. The topological polar surface area (TPSA) is 80.4 Å². The summed E-state index contributed by atoms with van der Waals surface area (Å²) in [6.45, 7) is 1.36. The molecule has 5 nitrogen and oxygen atoms in total. The lowest BCUT2D eigenvalue weighted by atomic mass is 9.65. The number of hydrogen-bond acceptors (Lipinski definition) is 6. The molecule has 2 aliphatic rings. The molecule has 1 aliphatic heterocycles.